The molecular weight excluding hydrogens is 341 g/mol. The average Bonchev–Trinajstić information content (AvgIpc) is 2.60. The van der Waals surface area contributed by atoms with Gasteiger partial charge in [-0.25, -0.2) is 12.8 Å². The summed E-state index contributed by atoms with van der Waals surface area (Å²) in [5.74, 6) is -2.19. The highest BCUT2D eigenvalue weighted by atomic mass is 32.2. The van der Waals surface area contributed by atoms with Crippen molar-refractivity contribution in [3.63, 3.8) is 0 Å². The van der Waals surface area contributed by atoms with Gasteiger partial charge in [0.15, 0.2) is 0 Å². The molecular formula is C14H18FN3O5S. The van der Waals surface area contributed by atoms with Gasteiger partial charge < -0.3 is 15.4 Å². The summed E-state index contributed by atoms with van der Waals surface area (Å²) in [7, 11) is -2.45. The molecule has 0 atom stereocenters. The Kier molecular flexibility index (Phi) is 5.86. The topological polar surface area (TPSA) is 105 Å². The van der Waals surface area contributed by atoms with Gasteiger partial charge in [-0.1, -0.05) is 0 Å². The minimum atomic E-state index is -3.84. The van der Waals surface area contributed by atoms with Crippen LogP contribution in [-0.4, -0.2) is 64.4 Å². The molecule has 0 aromatic heterocycles. The van der Waals surface area contributed by atoms with E-state index in [0.717, 1.165) is 18.2 Å². The number of benzene rings is 1. The highest BCUT2D eigenvalue weighted by molar-refractivity contribution is 7.89. The second-order valence-corrected chi connectivity index (χ2v) is 6.95. The van der Waals surface area contributed by atoms with Gasteiger partial charge >= 0.3 is 0 Å². The Hall–Kier alpha value is -2.04. The Morgan fingerprint density at radius 3 is 2.58 bits per heavy atom. The second kappa shape index (κ2) is 7.69. The fourth-order valence-corrected chi connectivity index (χ4v) is 3.55. The normalized spacial score (nSPS) is 15.8. The Morgan fingerprint density at radius 1 is 1.29 bits per heavy atom. The fraction of sp³-hybridized carbons (Fsp3) is 0.429. The summed E-state index contributed by atoms with van der Waals surface area (Å²) in [6.07, 6.45) is 0. The Balaban J connectivity index is 2.24. The molecule has 0 unspecified atom stereocenters. The maximum absolute atomic E-state index is 13.9. The van der Waals surface area contributed by atoms with E-state index < -0.39 is 33.2 Å². The van der Waals surface area contributed by atoms with E-state index in [4.69, 9.17) is 4.74 Å². The molecule has 1 aliphatic rings. The Morgan fingerprint density at radius 2 is 1.96 bits per heavy atom. The van der Waals surface area contributed by atoms with Crippen LogP contribution in [0, 0.1) is 5.82 Å². The largest absolute Gasteiger partial charge is 0.379 e. The summed E-state index contributed by atoms with van der Waals surface area (Å²) in [5, 5.41) is 4.53. The van der Waals surface area contributed by atoms with Crippen LogP contribution < -0.4 is 10.6 Å². The highest BCUT2D eigenvalue weighted by Crippen LogP contribution is 2.20. The number of nitrogens with zero attached hydrogens (tertiary/aromatic N) is 1. The van der Waals surface area contributed by atoms with E-state index in [-0.39, 0.29) is 37.7 Å². The summed E-state index contributed by atoms with van der Waals surface area (Å²) in [6.45, 7) is 0.602. The van der Waals surface area contributed by atoms with E-state index in [2.05, 4.69) is 10.6 Å². The summed E-state index contributed by atoms with van der Waals surface area (Å²) >= 11 is 0. The fourth-order valence-electron chi connectivity index (χ4n) is 2.12. The van der Waals surface area contributed by atoms with Crippen LogP contribution in [0.5, 0.6) is 0 Å². The van der Waals surface area contributed by atoms with Crippen LogP contribution in [0.15, 0.2) is 23.1 Å². The zero-order valence-corrected chi connectivity index (χ0v) is 13.9. The maximum Gasteiger partial charge on any atom is 0.254 e. The molecule has 8 nitrogen and oxygen atoms in total. The number of morpholine rings is 1. The first-order valence-corrected chi connectivity index (χ1v) is 8.66. The number of sulfonamides is 1. The maximum atomic E-state index is 13.9. The zero-order valence-electron chi connectivity index (χ0n) is 13.0. The van der Waals surface area contributed by atoms with E-state index in [1.165, 1.54) is 11.4 Å². The second-order valence-electron chi connectivity index (χ2n) is 5.01. The molecule has 1 fully saturated rings. The van der Waals surface area contributed by atoms with Gasteiger partial charge in [-0.2, -0.15) is 4.31 Å². The number of nitrogens with one attached hydrogen (secondary N) is 2. The standard InChI is InChI=1S/C14H18FN3O5S/c1-16-13(19)9-17-14(20)11-8-10(2-3-12(11)15)24(21,22)18-4-6-23-7-5-18/h2-3,8H,4-7,9H2,1H3,(H,16,19)(H,17,20). The minimum Gasteiger partial charge on any atom is -0.379 e. The predicted molar refractivity (Wildman–Crippen MR) is 82.4 cm³/mol. The molecule has 132 valence electrons. The number of carbonyl (C=O) groups is 2. The van der Waals surface area contributed by atoms with Crippen molar-refractivity contribution in [3.05, 3.63) is 29.6 Å². The van der Waals surface area contributed by atoms with Crippen molar-refractivity contribution in [2.75, 3.05) is 39.9 Å². The van der Waals surface area contributed by atoms with Crippen LogP contribution in [0.1, 0.15) is 10.4 Å². The van der Waals surface area contributed by atoms with Crippen LogP contribution in [0.3, 0.4) is 0 Å². The van der Waals surface area contributed by atoms with Crippen LogP contribution in [0.2, 0.25) is 0 Å². The van der Waals surface area contributed by atoms with E-state index in [1.54, 1.807) is 0 Å². The first kappa shape index (κ1) is 18.3. The number of rotatable bonds is 5. The summed E-state index contributed by atoms with van der Waals surface area (Å²) in [6, 6.07) is 3.00. The number of carbonyl (C=O) groups excluding carboxylic acids is 2. The molecule has 0 spiro atoms. The SMILES string of the molecule is CNC(=O)CNC(=O)c1cc(S(=O)(=O)N2CCOCC2)ccc1F. The molecule has 0 bridgehead atoms. The highest BCUT2D eigenvalue weighted by Gasteiger charge is 2.27. The number of amides is 2. The third-order valence-electron chi connectivity index (χ3n) is 3.48. The number of hydrogen-bond acceptors (Lipinski definition) is 5. The van der Waals surface area contributed by atoms with Crippen LogP contribution in [-0.2, 0) is 19.6 Å². The third-order valence-corrected chi connectivity index (χ3v) is 5.37. The van der Waals surface area contributed by atoms with Crippen molar-refractivity contribution in [3.8, 4) is 0 Å². The molecule has 2 N–H and O–H groups in total. The molecule has 2 amide bonds. The van der Waals surface area contributed by atoms with Crippen molar-refractivity contribution >= 4 is 21.8 Å². The van der Waals surface area contributed by atoms with Gasteiger partial charge in [0, 0.05) is 20.1 Å². The van der Waals surface area contributed by atoms with Gasteiger partial charge in [0.25, 0.3) is 5.91 Å². The van der Waals surface area contributed by atoms with Gasteiger partial charge in [-0.3, -0.25) is 9.59 Å². The molecule has 1 heterocycles. The lowest BCUT2D eigenvalue weighted by molar-refractivity contribution is -0.119. The monoisotopic (exact) mass is 359 g/mol. The molecule has 2 rings (SSSR count). The Bertz CT molecular complexity index is 732. The molecule has 1 aromatic rings. The molecule has 24 heavy (non-hydrogen) atoms. The lowest BCUT2D eigenvalue weighted by Crippen LogP contribution is -2.40. The zero-order chi connectivity index (χ0) is 17.7. The van der Waals surface area contributed by atoms with Crippen molar-refractivity contribution in [2.45, 2.75) is 4.90 Å². The number of ether oxygens (including phenoxy) is 1. The molecule has 1 aliphatic heterocycles. The molecule has 1 saturated heterocycles. The van der Waals surface area contributed by atoms with Gasteiger partial charge in [0.1, 0.15) is 5.82 Å². The predicted octanol–water partition coefficient (Wildman–Crippen LogP) is -0.678. The molecule has 1 aromatic carbocycles. The van der Waals surface area contributed by atoms with Gasteiger partial charge in [0.05, 0.1) is 30.2 Å². The van der Waals surface area contributed by atoms with Crippen LogP contribution in [0.25, 0.3) is 0 Å². The molecule has 0 saturated carbocycles. The number of halogens is 1. The minimum absolute atomic E-state index is 0.184. The lowest BCUT2D eigenvalue weighted by atomic mass is 10.2. The van der Waals surface area contributed by atoms with Crippen molar-refractivity contribution in [1.29, 1.82) is 0 Å². The van der Waals surface area contributed by atoms with E-state index >= 15 is 0 Å². The van der Waals surface area contributed by atoms with Crippen molar-refractivity contribution in [1.82, 2.24) is 14.9 Å². The van der Waals surface area contributed by atoms with Crippen molar-refractivity contribution < 1.29 is 27.1 Å². The number of likely N-dealkylation sites (N-methyl/N-ethyl adjacent to an activating group) is 1. The summed E-state index contributed by atoms with van der Waals surface area (Å²) < 4.78 is 45.3. The lowest BCUT2D eigenvalue weighted by Gasteiger charge is -2.26. The summed E-state index contributed by atoms with van der Waals surface area (Å²) in [5.41, 5.74) is -0.437. The smallest absolute Gasteiger partial charge is 0.254 e. The third kappa shape index (κ3) is 4.08. The first-order valence-electron chi connectivity index (χ1n) is 7.22. The van der Waals surface area contributed by atoms with Gasteiger partial charge in [-0.15, -0.1) is 0 Å². The van der Waals surface area contributed by atoms with Crippen LogP contribution >= 0.6 is 0 Å². The van der Waals surface area contributed by atoms with Gasteiger partial charge in [0.2, 0.25) is 15.9 Å². The summed E-state index contributed by atoms with van der Waals surface area (Å²) in [4.78, 5) is 22.9. The van der Waals surface area contributed by atoms with Gasteiger partial charge in [-0.05, 0) is 18.2 Å². The van der Waals surface area contributed by atoms with E-state index in [0.29, 0.717) is 0 Å². The van der Waals surface area contributed by atoms with E-state index in [9.17, 15) is 22.4 Å². The molecule has 0 aliphatic carbocycles. The molecule has 0 radical (unpaired) electrons. The molecule has 10 heteroatoms. The van der Waals surface area contributed by atoms with E-state index in [1.807, 2.05) is 0 Å². The number of hydrogen-bond donors (Lipinski definition) is 2. The average molecular weight is 359 g/mol. The first-order chi connectivity index (χ1) is 11.4. The van der Waals surface area contributed by atoms with Crippen molar-refractivity contribution in [2.24, 2.45) is 0 Å². The quantitative estimate of drug-likeness (QED) is 0.725. The Labute approximate surface area is 139 Å². The van der Waals surface area contributed by atoms with Crippen LogP contribution in [0.4, 0.5) is 4.39 Å².